The molecular formula is C12H27NO. The zero-order valence-electron chi connectivity index (χ0n) is 10.1. The smallest absolute Gasteiger partial charge is 0.0465 e. The summed E-state index contributed by atoms with van der Waals surface area (Å²) in [5.41, 5.74) is 0. The van der Waals surface area contributed by atoms with Crippen molar-refractivity contribution in [2.75, 3.05) is 26.3 Å². The Bertz CT molecular complexity index is 106. The normalized spacial score (nSPS) is 13.1. The van der Waals surface area contributed by atoms with Crippen LogP contribution in [0.5, 0.6) is 0 Å². The van der Waals surface area contributed by atoms with Crippen molar-refractivity contribution in [3.05, 3.63) is 0 Å². The Labute approximate surface area is 89.4 Å². The quantitative estimate of drug-likeness (QED) is 0.549. The van der Waals surface area contributed by atoms with Crippen LogP contribution in [0.25, 0.3) is 0 Å². The minimum Gasteiger partial charge on any atom is -0.382 e. The van der Waals surface area contributed by atoms with Gasteiger partial charge in [0.15, 0.2) is 0 Å². The lowest BCUT2D eigenvalue weighted by Crippen LogP contribution is -2.21. The van der Waals surface area contributed by atoms with Gasteiger partial charge in [-0.2, -0.15) is 0 Å². The van der Waals surface area contributed by atoms with E-state index in [0.29, 0.717) is 0 Å². The summed E-state index contributed by atoms with van der Waals surface area (Å²) in [4.78, 5) is 0. The number of rotatable bonds is 10. The highest BCUT2D eigenvalue weighted by Gasteiger charge is 2.00. The van der Waals surface area contributed by atoms with E-state index in [4.69, 9.17) is 4.74 Å². The van der Waals surface area contributed by atoms with Crippen LogP contribution in [0.3, 0.4) is 0 Å². The Morgan fingerprint density at radius 2 is 2.00 bits per heavy atom. The molecule has 0 rings (SSSR count). The van der Waals surface area contributed by atoms with Crippen LogP contribution in [0.4, 0.5) is 0 Å². The lowest BCUT2D eigenvalue weighted by Gasteiger charge is -2.11. The number of unbranched alkanes of at least 4 members (excludes halogenated alkanes) is 1. The van der Waals surface area contributed by atoms with Crippen LogP contribution in [0.15, 0.2) is 0 Å². The number of nitrogens with one attached hydrogen (secondary N) is 1. The van der Waals surface area contributed by atoms with E-state index in [1.54, 1.807) is 0 Å². The van der Waals surface area contributed by atoms with Gasteiger partial charge in [0.2, 0.25) is 0 Å². The SMILES string of the molecule is CCCNCC(C)CCCCOCC. The first-order valence-corrected chi connectivity index (χ1v) is 6.09. The van der Waals surface area contributed by atoms with Gasteiger partial charge in [-0.05, 0) is 45.2 Å². The fourth-order valence-electron chi connectivity index (χ4n) is 1.47. The fraction of sp³-hybridized carbons (Fsp3) is 1.00. The molecule has 0 fully saturated rings. The summed E-state index contributed by atoms with van der Waals surface area (Å²) in [6, 6.07) is 0. The van der Waals surface area contributed by atoms with Crippen LogP contribution in [0, 0.1) is 5.92 Å². The summed E-state index contributed by atoms with van der Waals surface area (Å²) in [7, 11) is 0. The number of ether oxygens (including phenoxy) is 1. The molecule has 0 aliphatic heterocycles. The van der Waals surface area contributed by atoms with E-state index in [-0.39, 0.29) is 0 Å². The molecule has 0 aliphatic carbocycles. The first kappa shape index (κ1) is 13.9. The largest absolute Gasteiger partial charge is 0.382 e. The van der Waals surface area contributed by atoms with Crippen LogP contribution >= 0.6 is 0 Å². The molecule has 0 aliphatic rings. The molecule has 14 heavy (non-hydrogen) atoms. The lowest BCUT2D eigenvalue weighted by molar-refractivity contribution is 0.142. The van der Waals surface area contributed by atoms with Gasteiger partial charge in [-0.15, -0.1) is 0 Å². The Balaban J connectivity index is 3.06. The van der Waals surface area contributed by atoms with Gasteiger partial charge >= 0.3 is 0 Å². The van der Waals surface area contributed by atoms with Gasteiger partial charge in [0.25, 0.3) is 0 Å². The monoisotopic (exact) mass is 201 g/mol. The van der Waals surface area contributed by atoms with Crippen LogP contribution in [0.2, 0.25) is 0 Å². The van der Waals surface area contributed by atoms with Crippen molar-refractivity contribution >= 4 is 0 Å². The first-order chi connectivity index (χ1) is 6.81. The highest BCUT2D eigenvalue weighted by atomic mass is 16.5. The molecule has 0 bridgehead atoms. The second-order valence-corrected chi connectivity index (χ2v) is 4.00. The second kappa shape index (κ2) is 11.0. The Kier molecular flexibility index (Phi) is 10.9. The van der Waals surface area contributed by atoms with Crippen molar-refractivity contribution in [3.8, 4) is 0 Å². The van der Waals surface area contributed by atoms with Crippen molar-refractivity contribution in [2.24, 2.45) is 5.92 Å². The van der Waals surface area contributed by atoms with Gasteiger partial charge in [0, 0.05) is 13.2 Å². The fourth-order valence-corrected chi connectivity index (χ4v) is 1.47. The summed E-state index contributed by atoms with van der Waals surface area (Å²) < 4.78 is 5.30. The molecule has 0 radical (unpaired) electrons. The highest BCUT2D eigenvalue weighted by Crippen LogP contribution is 2.06. The Morgan fingerprint density at radius 3 is 2.64 bits per heavy atom. The van der Waals surface area contributed by atoms with Crippen molar-refractivity contribution in [1.82, 2.24) is 5.32 Å². The summed E-state index contributed by atoms with van der Waals surface area (Å²) in [6.07, 6.45) is 5.07. The maximum Gasteiger partial charge on any atom is 0.0465 e. The molecule has 0 aromatic rings. The molecule has 2 heteroatoms. The standard InChI is InChI=1S/C12H27NO/c1-4-9-13-11-12(3)8-6-7-10-14-5-2/h12-13H,4-11H2,1-3H3. The Morgan fingerprint density at radius 1 is 1.21 bits per heavy atom. The minimum absolute atomic E-state index is 0.808. The summed E-state index contributed by atoms with van der Waals surface area (Å²) in [5, 5.41) is 3.46. The minimum atomic E-state index is 0.808. The molecule has 0 saturated carbocycles. The van der Waals surface area contributed by atoms with Crippen LogP contribution in [-0.2, 0) is 4.74 Å². The van der Waals surface area contributed by atoms with E-state index in [2.05, 4.69) is 26.1 Å². The van der Waals surface area contributed by atoms with Crippen molar-refractivity contribution < 1.29 is 4.74 Å². The summed E-state index contributed by atoms with van der Waals surface area (Å²) >= 11 is 0. The van der Waals surface area contributed by atoms with Crippen LogP contribution in [-0.4, -0.2) is 26.3 Å². The maximum absolute atomic E-state index is 5.30. The van der Waals surface area contributed by atoms with Crippen LogP contribution in [0.1, 0.15) is 46.5 Å². The zero-order valence-corrected chi connectivity index (χ0v) is 10.1. The van der Waals surface area contributed by atoms with Crippen molar-refractivity contribution in [2.45, 2.75) is 46.5 Å². The average Bonchev–Trinajstić information content (AvgIpc) is 2.18. The molecule has 0 aromatic carbocycles. The van der Waals surface area contributed by atoms with Crippen molar-refractivity contribution in [3.63, 3.8) is 0 Å². The van der Waals surface area contributed by atoms with Crippen LogP contribution < -0.4 is 5.32 Å². The molecule has 0 saturated heterocycles. The highest BCUT2D eigenvalue weighted by molar-refractivity contribution is 4.57. The molecule has 1 unspecified atom stereocenters. The third-order valence-corrected chi connectivity index (χ3v) is 2.36. The molecular weight excluding hydrogens is 174 g/mol. The van der Waals surface area contributed by atoms with Gasteiger partial charge < -0.3 is 10.1 Å². The average molecular weight is 201 g/mol. The van der Waals surface area contributed by atoms with Gasteiger partial charge in [-0.25, -0.2) is 0 Å². The van der Waals surface area contributed by atoms with Gasteiger partial charge in [0.1, 0.15) is 0 Å². The second-order valence-electron chi connectivity index (χ2n) is 4.00. The third kappa shape index (κ3) is 10.0. The molecule has 86 valence electrons. The van der Waals surface area contributed by atoms with E-state index in [1.807, 2.05) is 0 Å². The molecule has 0 amide bonds. The van der Waals surface area contributed by atoms with Gasteiger partial charge in [-0.3, -0.25) is 0 Å². The molecule has 1 atom stereocenters. The van der Waals surface area contributed by atoms with E-state index in [0.717, 1.165) is 25.7 Å². The predicted molar refractivity (Wildman–Crippen MR) is 62.7 cm³/mol. The molecule has 0 aromatic heterocycles. The lowest BCUT2D eigenvalue weighted by atomic mass is 10.0. The predicted octanol–water partition coefficient (Wildman–Crippen LogP) is 2.83. The summed E-state index contributed by atoms with van der Waals surface area (Å²) in [6.45, 7) is 10.7. The van der Waals surface area contributed by atoms with Gasteiger partial charge in [-0.1, -0.05) is 20.3 Å². The Hall–Kier alpha value is -0.0800. The topological polar surface area (TPSA) is 21.3 Å². The first-order valence-electron chi connectivity index (χ1n) is 6.09. The molecule has 0 spiro atoms. The number of hydrogen-bond acceptors (Lipinski definition) is 2. The van der Waals surface area contributed by atoms with E-state index in [1.165, 1.54) is 32.2 Å². The zero-order chi connectivity index (χ0) is 10.6. The molecule has 1 N–H and O–H groups in total. The van der Waals surface area contributed by atoms with E-state index in [9.17, 15) is 0 Å². The summed E-state index contributed by atoms with van der Waals surface area (Å²) in [5.74, 6) is 0.808. The number of hydrogen-bond donors (Lipinski definition) is 1. The van der Waals surface area contributed by atoms with Gasteiger partial charge in [0.05, 0.1) is 0 Å². The maximum atomic E-state index is 5.30. The molecule has 2 nitrogen and oxygen atoms in total. The third-order valence-electron chi connectivity index (χ3n) is 2.36. The van der Waals surface area contributed by atoms with E-state index >= 15 is 0 Å². The molecule has 0 heterocycles. The van der Waals surface area contributed by atoms with E-state index < -0.39 is 0 Å². The van der Waals surface area contributed by atoms with Crippen molar-refractivity contribution in [1.29, 1.82) is 0 Å².